The SMILES string of the molecule is CCCC1CC(C)CC(C)(N)C1. The summed E-state index contributed by atoms with van der Waals surface area (Å²) in [6, 6.07) is 0. The van der Waals surface area contributed by atoms with Crippen LogP contribution in [0.2, 0.25) is 0 Å². The summed E-state index contributed by atoms with van der Waals surface area (Å²) in [7, 11) is 0. The summed E-state index contributed by atoms with van der Waals surface area (Å²) >= 11 is 0. The van der Waals surface area contributed by atoms with Crippen LogP contribution in [0.1, 0.15) is 52.9 Å². The molecule has 0 aromatic carbocycles. The van der Waals surface area contributed by atoms with Crippen molar-refractivity contribution in [1.29, 1.82) is 0 Å². The van der Waals surface area contributed by atoms with Crippen molar-refractivity contribution in [2.75, 3.05) is 0 Å². The Kier molecular flexibility index (Phi) is 3.16. The lowest BCUT2D eigenvalue weighted by Gasteiger charge is -2.38. The van der Waals surface area contributed by atoms with Gasteiger partial charge >= 0.3 is 0 Å². The lowest BCUT2D eigenvalue weighted by atomic mass is 9.71. The third-order valence-corrected chi connectivity index (χ3v) is 3.00. The van der Waals surface area contributed by atoms with E-state index in [0.717, 1.165) is 11.8 Å². The highest BCUT2D eigenvalue weighted by Gasteiger charge is 2.31. The molecule has 1 fully saturated rings. The van der Waals surface area contributed by atoms with E-state index in [1.54, 1.807) is 0 Å². The zero-order valence-corrected chi connectivity index (χ0v) is 8.77. The van der Waals surface area contributed by atoms with Crippen molar-refractivity contribution in [1.82, 2.24) is 0 Å². The molecule has 0 aromatic heterocycles. The summed E-state index contributed by atoms with van der Waals surface area (Å²) in [6.45, 7) is 6.82. The first-order valence-electron chi connectivity index (χ1n) is 5.32. The Bertz CT molecular complexity index is 140. The van der Waals surface area contributed by atoms with E-state index in [9.17, 15) is 0 Å². The maximum absolute atomic E-state index is 6.19. The van der Waals surface area contributed by atoms with Gasteiger partial charge in [-0.2, -0.15) is 0 Å². The minimum absolute atomic E-state index is 0.123. The Morgan fingerprint density at radius 2 is 2.08 bits per heavy atom. The minimum atomic E-state index is 0.123. The smallest absolute Gasteiger partial charge is 0.0131 e. The molecule has 0 radical (unpaired) electrons. The number of rotatable bonds is 2. The molecule has 3 atom stereocenters. The molecule has 0 aliphatic heterocycles. The van der Waals surface area contributed by atoms with Crippen LogP contribution in [0, 0.1) is 11.8 Å². The molecule has 1 nitrogen and oxygen atoms in total. The van der Waals surface area contributed by atoms with Gasteiger partial charge in [0.1, 0.15) is 0 Å². The molecule has 0 saturated heterocycles. The van der Waals surface area contributed by atoms with Crippen LogP contribution in [-0.2, 0) is 0 Å². The fourth-order valence-electron chi connectivity index (χ4n) is 2.90. The van der Waals surface area contributed by atoms with Crippen molar-refractivity contribution in [2.24, 2.45) is 17.6 Å². The van der Waals surface area contributed by atoms with Gasteiger partial charge in [-0.1, -0.05) is 26.7 Å². The van der Waals surface area contributed by atoms with Gasteiger partial charge in [-0.3, -0.25) is 0 Å². The lowest BCUT2D eigenvalue weighted by molar-refractivity contribution is 0.178. The molecule has 1 aliphatic carbocycles. The van der Waals surface area contributed by atoms with Crippen molar-refractivity contribution in [3.8, 4) is 0 Å². The fraction of sp³-hybridized carbons (Fsp3) is 1.00. The molecule has 0 spiro atoms. The summed E-state index contributed by atoms with van der Waals surface area (Å²) in [5.41, 5.74) is 6.31. The van der Waals surface area contributed by atoms with E-state index in [0.29, 0.717) is 0 Å². The first-order valence-corrected chi connectivity index (χ1v) is 5.32. The molecule has 1 rings (SSSR count). The molecule has 72 valence electrons. The Labute approximate surface area is 76.7 Å². The molecule has 3 unspecified atom stereocenters. The van der Waals surface area contributed by atoms with Gasteiger partial charge in [-0.15, -0.1) is 0 Å². The second-order valence-corrected chi connectivity index (χ2v) is 5.06. The Balaban J connectivity index is 2.46. The zero-order chi connectivity index (χ0) is 9.19. The van der Waals surface area contributed by atoms with Crippen molar-refractivity contribution >= 4 is 0 Å². The van der Waals surface area contributed by atoms with E-state index in [-0.39, 0.29) is 5.54 Å². The van der Waals surface area contributed by atoms with Crippen molar-refractivity contribution in [3.05, 3.63) is 0 Å². The van der Waals surface area contributed by atoms with Gasteiger partial charge in [0.05, 0.1) is 0 Å². The van der Waals surface area contributed by atoms with Crippen LogP contribution in [0.3, 0.4) is 0 Å². The van der Waals surface area contributed by atoms with Crippen molar-refractivity contribution in [3.63, 3.8) is 0 Å². The van der Waals surface area contributed by atoms with Gasteiger partial charge in [0.2, 0.25) is 0 Å². The molecular formula is C11H23N. The number of nitrogens with two attached hydrogens (primary N) is 1. The highest BCUT2D eigenvalue weighted by Crippen LogP contribution is 2.36. The average molecular weight is 169 g/mol. The Morgan fingerprint density at radius 3 is 2.58 bits per heavy atom. The average Bonchev–Trinajstić information content (AvgIpc) is 1.82. The molecule has 0 heterocycles. The van der Waals surface area contributed by atoms with E-state index < -0.39 is 0 Å². The fourth-order valence-corrected chi connectivity index (χ4v) is 2.90. The largest absolute Gasteiger partial charge is 0.325 e. The van der Waals surface area contributed by atoms with Crippen LogP contribution >= 0.6 is 0 Å². The predicted molar refractivity (Wildman–Crippen MR) is 54.0 cm³/mol. The first kappa shape index (κ1) is 10.0. The van der Waals surface area contributed by atoms with Gasteiger partial charge in [0.15, 0.2) is 0 Å². The molecular weight excluding hydrogens is 146 g/mol. The maximum atomic E-state index is 6.19. The minimum Gasteiger partial charge on any atom is -0.325 e. The maximum Gasteiger partial charge on any atom is 0.0131 e. The number of hydrogen-bond donors (Lipinski definition) is 1. The second-order valence-electron chi connectivity index (χ2n) is 5.06. The summed E-state index contributed by atoms with van der Waals surface area (Å²) < 4.78 is 0. The molecule has 1 heteroatoms. The molecule has 12 heavy (non-hydrogen) atoms. The van der Waals surface area contributed by atoms with Crippen LogP contribution in [0.15, 0.2) is 0 Å². The highest BCUT2D eigenvalue weighted by molar-refractivity contribution is 4.89. The third kappa shape index (κ3) is 2.78. The van der Waals surface area contributed by atoms with Crippen molar-refractivity contribution in [2.45, 2.75) is 58.4 Å². The molecule has 0 aromatic rings. The predicted octanol–water partition coefficient (Wildman–Crippen LogP) is 2.94. The zero-order valence-electron chi connectivity index (χ0n) is 8.77. The Morgan fingerprint density at radius 1 is 1.42 bits per heavy atom. The van der Waals surface area contributed by atoms with E-state index in [1.165, 1.54) is 32.1 Å². The van der Waals surface area contributed by atoms with E-state index in [1.807, 2.05) is 0 Å². The number of hydrogen-bond acceptors (Lipinski definition) is 1. The topological polar surface area (TPSA) is 26.0 Å². The van der Waals surface area contributed by atoms with Gasteiger partial charge in [-0.25, -0.2) is 0 Å². The monoisotopic (exact) mass is 169 g/mol. The first-order chi connectivity index (χ1) is 5.53. The van der Waals surface area contributed by atoms with Gasteiger partial charge in [0.25, 0.3) is 0 Å². The molecule has 1 saturated carbocycles. The molecule has 0 bridgehead atoms. The standard InChI is InChI=1S/C11H23N/c1-4-5-10-6-9(2)7-11(3,12)8-10/h9-10H,4-8,12H2,1-3H3. The van der Waals surface area contributed by atoms with Crippen molar-refractivity contribution < 1.29 is 0 Å². The van der Waals surface area contributed by atoms with E-state index in [4.69, 9.17) is 5.73 Å². The van der Waals surface area contributed by atoms with Gasteiger partial charge in [-0.05, 0) is 38.0 Å². The second kappa shape index (κ2) is 3.78. The molecule has 0 amide bonds. The van der Waals surface area contributed by atoms with Crippen LogP contribution in [-0.4, -0.2) is 5.54 Å². The van der Waals surface area contributed by atoms with Crippen LogP contribution in [0.4, 0.5) is 0 Å². The summed E-state index contributed by atoms with van der Waals surface area (Å²) in [5.74, 6) is 1.74. The molecule has 2 N–H and O–H groups in total. The lowest BCUT2D eigenvalue weighted by Crippen LogP contribution is -2.43. The van der Waals surface area contributed by atoms with Gasteiger partial charge < -0.3 is 5.73 Å². The Hall–Kier alpha value is -0.0400. The summed E-state index contributed by atoms with van der Waals surface area (Å²) in [5, 5.41) is 0. The van der Waals surface area contributed by atoms with Crippen LogP contribution in [0.5, 0.6) is 0 Å². The quantitative estimate of drug-likeness (QED) is 0.675. The van der Waals surface area contributed by atoms with Gasteiger partial charge in [0, 0.05) is 5.54 Å². The van der Waals surface area contributed by atoms with Crippen LogP contribution in [0.25, 0.3) is 0 Å². The van der Waals surface area contributed by atoms with E-state index in [2.05, 4.69) is 20.8 Å². The molecule has 1 aliphatic rings. The normalized spacial score (nSPS) is 43.0. The highest BCUT2D eigenvalue weighted by atomic mass is 14.7. The third-order valence-electron chi connectivity index (χ3n) is 3.00. The summed E-state index contributed by atoms with van der Waals surface area (Å²) in [4.78, 5) is 0. The van der Waals surface area contributed by atoms with Crippen LogP contribution < -0.4 is 5.73 Å². The summed E-state index contributed by atoms with van der Waals surface area (Å²) in [6.07, 6.45) is 6.55. The van der Waals surface area contributed by atoms with E-state index >= 15 is 0 Å².